The number of nitrogens with zero attached hydrogens (tertiary/aromatic N) is 1. The Morgan fingerprint density at radius 2 is 2.08 bits per heavy atom. The quantitative estimate of drug-likeness (QED) is 0.349. The molecule has 0 saturated carbocycles. The van der Waals surface area contributed by atoms with Gasteiger partial charge in [0, 0.05) is 12.1 Å². The second-order valence-electron chi connectivity index (χ2n) is 5.50. The maximum absolute atomic E-state index is 9.96. The van der Waals surface area contributed by atoms with Crippen molar-refractivity contribution in [1.82, 2.24) is 10.6 Å². The van der Waals surface area contributed by atoms with Gasteiger partial charge in [-0.2, -0.15) is 0 Å². The minimum absolute atomic E-state index is 0. The number of rotatable bonds is 6. The molecule has 3 N–H and O–H groups in total. The van der Waals surface area contributed by atoms with Gasteiger partial charge < -0.3 is 24.9 Å². The van der Waals surface area contributed by atoms with E-state index < -0.39 is 0 Å². The van der Waals surface area contributed by atoms with E-state index >= 15 is 0 Å². The van der Waals surface area contributed by atoms with Crippen molar-refractivity contribution in [3.05, 3.63) is 47.4 Å². The van der Waals surface area contributed by atoms with Crippen LogP contribution in [0.2, 0.25) is 0 Å². The zero-order valence-electron chi connectivity index (χ0n) is 15.0. The molecule has 0 radical (unpaired) electrons. The van der Waals surface area contributed by atoms with Crippen molar-refractivity contribution in [2.45, 2.75) is 33.4 Å². The Hall–Kier alpha value is -1.90. The van der Waals surface area contributed by atoms with Crippen LogP contribution in [-0.2, 0) is 6.54 Å². The van der Waals surface area contributed by atoms with Gasteiger partial charge in [0.05, 0.1) is 19.7 Å². The summed E-state index contributed by atoms with van der Waals surface area (Å²) in [7, 11) is 1.60. The molecule has 0 amide bonds. The van der Waals surface area contributed by atoms with Crippen LogP contribution >= 0.6 is 24.0 Å². The fraction of sp³-hybridized carbons (Fsp3) is 0.389. The number of benzene rings is 1. The number of aromatic hydroxyl groups is 1. The van der Waals surface area contributed by atoms with Crippen LogP contribution in [0.25, 0.3) is 0 Å². The Morgan fingerprint density at radius 3 is 2.68 bits per heavy atom. The van der Waals surface area contributed by atoms with Gasteiger partial charge in [0.2, 0.25) is 0 Å². The fourth-order valence-corrected chi connectivity index (χ4v) is 2.26. The Labute approximate surface area is 165 Å². The summed E-state index contributed by atoms with van der Waals surface area (Å²) in [6.45, 7) is 7.00. The SMILES string of the molecule is CCNC(=NCc1cc(OC)ccc1O)NC(C)c1ccc(C)o1.I. The van der Waals surface area contributed by atoms with E-state index in [0.29, 0.717) is 23.8 Å². The van der Waals surface area contributed by atoms with E-state index in [9.17, 15) is 5.11 Å². The lowest BCUT2D eigenvalue weighted by molar-refractivity contribution is 0.411. The molecule has 0 aliphatic rings. The zero-order valence-corrected chi connectivity index (χ0v) is 17.3. The van der Waals surface area contributed by atoms with E-state index in [2.05, 4.69) is 15.6 Å². The van der Waals surface area contributed by atoms with Crippen molar-refractivity contribution in [1.29, 1.82) is 0 Å². The van der Waals surface area contributed by atoms with Crippen molar-refractivity contribution in [3.8, 4) is 11.5 Å². The summed E-state index contributed by atoms with van der Waals surface area (Å²) < 4.78 is 10.8. The number of furan rings is 1. The first-order chi connectivity index (χ1) is 11.5. The molecule has 6 nitrogen and oxygen atoms in total. The maximum Gasteiger partial charge on any atom is 0.192 e. The van der Waals surface area contributed by atoms with Gasteiger partial charge in [-0.3, -0.25) is 0 Å². The van der Waals surface area contributed by atoms with Crippen LogP contribution in [0.15, 0.2) is 39.7 Å². The monoisotopic (exact) mass is 459 g/mol. The first kappa shape index (κ1) is 21.1. The predicted molar refractivity (Wildman–Crippen MR) is 110 cm³/mol. The summed E-state index contributed by atoms with van der Waals surface area (Å²) in [4.78, 5) is 4.53. The lowest BCUT2D eigenvalue weighted by Gasteiger charge is -2.16. The average molecular weight is 459 g/mol. The highest BCUT2D eigenvalue weighted by Gasteiger charge is 2.11. The van der Waals surface area contributed by atoms with Crippen molar-refractivity contribution < 1.29 is 14.3 Å². The zero-order chi connectivity index (χ0) is 17.5. The molecule has 1 aromatic heterocycles. The van der Waals surface area contributed by atoms with Crippen molar-refractivity contribution >= 4 is 29.9 Å². The Kier molecular flexibility index (Phi) is 8.60. The standard InChI is InChI=1S/C18H25N3O3.HI/c1-5-19-18(21-13(3)17-9-6-12(2)24-17)20-11-14-10-15(23-4)7-8-16(14)22;/h6-10,13,22H,5,11H2,1-4H3,(H2,19,20,21);1H. The highest BCUT2D eigenvalue weighted by molar-refractivity contribution is 14.0. The normalized spacial score (nSPS) is 12.2. The van der Waals surface area contributed by atoms with Crippen molar-refractivity contribution in [2.24, 2.45) is 4.99 Å². The number of aryl methyl sites for hydroxylation is 1. The molecule has 138 valence electrons. The number of methoxy groups -OCH3 is 1. The van der Waals surface area contributed by atoms with E-state index in [-0.39, 0.29) is 35.8 Å². The third-order valence-electron chi connectivity index (χ3n) is 3.58. The smallest absolute Gasteiger partial charge is 0.192 e. The number of nitrogens with one attached hydrogen (secondary N) is 2. The van der Waals surface area contributed by atoms with Gasteiger partial charge >= 0.3 is 0 Å². The number of phenolic OH excluding ortho intramolecular Hbond substituents is 1. The third-order valence-corrected chi connectivity index (χ3v) is 3.58. The summed E-state index contributed by atoms with van der Waals surface area (Å²) >= 11 is 0. The van der Waals surface area contributed by atoms with Crippen LogP contribution in [0.5, 0.6) is 11.5 Å². The molecule has 25 heavy (non-hydrogen) atoms. The summed E-state index contributed by atoms with van der Waals surface area (Å²) in [5.74, 6) is 3.27. The lowest BCUT2D eigenvalue weighted by Crippen LogP contribution is -2.38. The second kappa shape index (κ2) is 10.2. The molecule has 2 aromatic rings. The Morgan fingerprint density at radius 1 is 1.32 bits per heavy atom. The van der Waals surface area contributed by atoms with E-state index in [0.717, 1.165) is 18.1 Å². The summed E-state index contributed by atoms with van der Waals surface area (Å²) in [6.07, 6.45) is 0. The average Bonchev–Trinajstić information content (AvgIpc) is 3.00. The van der Waals surface area contributed by atoms with Crippen LogP contribution in [0.1, 0.15) is 37.0 Å². The van der Waals surface area contributed by atoms with Gasteiger partial charge in [0.1, 0.15) is 23.0 Å². The van der Waals surface area contributed by atoms with Gasteiger partial charge in [-0.05, 0) is 51.1 Å². The maximum atomic E-state index is 9.96. The number of ether oxygens (including phenoxy) is 1. The Bertz CT molecular complexity index is 701. The first-order valence-electron chi connectivity index (χ1n) is 8.00. The third kappa shape index (κ3) is 6.15. The van der Waals surface area contributed by atoms with E-state index in [1.54, 1.807) is 25.3 Å². The van der Waals surface area contributed by atoms with Crippen LogP contribution in [0, 0.1) is 6.92 Å². The topological polar surface area (TPSA) is 79.0 Å². The molecule has 0 spiro atoms. The highest BCUT2D eigenvalue weighted by atomic mass is 127. The number of halogens is 1. The van der Waals surface area contributed by atoms with E-state index in [1.165, 1.54) is 0 Å². The van der Waals surface area contributed by atoms with Crippen LogP contribution in [0.4, 0.5) is 0 Å². The van der Waals surface area contributed by atoms with E-state index in [4.69, 9.17) is 9.15 Å². The molecular weight excluding hydrogens is 433 g/mol. The second-order valence-corrected chi connectivity index (χ2v) is 5.50. The predicted octanol–water partition coefficient (Wildman–Crippen LogP) is 3.74. The molecule has 0 aliphatic heterocycles. The lowest BCUT2D eigenvalue weighted by atomic mass is 10.2. The van der Waals surface area contributed by atoms with Crippen molar-refractivity contribution in [3.63, 3.8) is 0 Å². The van der Waals surface area contributed by atoms with Gasteiger partial charge in [-0.15, -0.1) is 24.0 Å². The molecule has 1 heterocycles. The molecule has 1 atom stereocenters. The van der Waals surface area contributed by atoms with Gasteiger partial charge in [0.15, 0.2) is 5.96 Å². The molecule has 0 saturated heterocycles. The largest absolute Gasteiger partial charge is 0.508 e. The minimum Gasteiger partial charge on any atom is -0.508 e. The van der Waals surface area contributed by atoms with Gasteiger partial charge in [-0.25, -0.2) is 4.99 Å². The molecule has 0 bridgehead atoms. The Balaban J connectivity index is 0.00000312. The van der Waals surface area contributed by atoms with Crippen molar-refractivity contribution in [2.75, 3.05) is 13.7 Å². The number of hydrogen-bond donors (Lipinski definition) is 3. The number of aliphatic imine (C=N–C) groups is 1. The molecule has 1 unspecified atom stereocenters. The minimum atomic E-state index is -0.0181. The summed E-state index contributed by atoms with van der Waals surface area (Å²) in [5, 5.41) is 16.4. The molecule has 0 aliphatic carbocycles. The molecular formula is C18H26IN3O3. The summed E-state index contributed by atoms with van der Waals surface area (Å²) in [6, 6.07) is 8.97. The van der Waals surface area contributed by atoms with Crippen LogP contribution in [-0.4, -0.2) is 24.7 Å². The van der Waals surface area contributed by atoms with Gasteiger partial charge in [-0.1, -0.05) is 0 Å². The fourth-order valence-electron chi connectivity index (χ4n) is 2.26. The first-order valence-corrected chi connectivity index (χ1v) is 8.00. The van der Waals surface area contributed by atoms with E-state index in [1.807, 2.05) is 32.9 Å². The highest BCUT2D eigenvalue weighted by Crippen LogP contribution is 2.23. The summed E-state index contributed by atoms with van der Waals surface area (Å²) in [5.41, 5.74) is 0.702. The van der Waals surface area contributed by atoms with Crippen LogP contribution in [0.3, 0.4) is 0 Å². The van der Waals surface area contributed by atoms with Crippen LogP contribution < -0.4 is 15.4 Å². The molecule has 1 aromatic carbocycles. The number of guanidine groups is 1. The molecule has 2 rings (SSSR count). The number of hydrogen-bond acceptors (Lipinski definition) is 4. The number of phenols is 1. The molecule has 0 fully saturated rings. The van der Waals surface area contributed by atoms with Gasteiger partial charge in [0.25, 0.3) is 0 Å². The molecule has 7 heteroatoms.